The lowest BCUT2D eigenvalue weighted by molar-refractivity contribution is -0.432. The lowest BCUT2D eigenvalue weighted by Gasteiger charge is -2.09. The molecule has 3 nitrogen and oxygen atoms in total. The second kappa shape index (κ2) is 3.74. The van der Waals surface area contributed by atoms with Gasteiger partial charge in [0.2, 0.25) is 5.69 Å². The topological polar surface area (TPSA) is 40.3 Å². The molecule has 3 heteroatoms. The van der Waals surface area contributed by atoms with Crippen molar-refractivity contribution in [3.63, 3.8) is 0 Å². The van der Waals surface area contributed by atoms with Crippen molar-refractivity contribution in [3.05, 3.63) is 29.8 Å². The molecule has 0 fully saturated rings. The van der Waals surface area contributed by atoms with E-state index in [9.17, 15) is 4.79 Å². The zero-order valence-corrected chi connectivity index (χ0v) is 9.60. The van der Waals surface area contributed by atoms with E-state index in [1.54, 1.807) is 0 Å². The molecule has 1 aliphatic heterocycles. The molecule has 1 aromatic rings. The number of para-hydroxylation sites is 1. The van der Waals surface area contributed by atoms with Crippen molar-refractivity contribution < 1.29 is 14.5 Å². The highest BCUT2D eigenvalue weighted by Gasteiger charge is 2.36. The van der Waals surface area contributed by atoms with Gasteiger partial charge in [-0.2, -0.15) is 0 Å². The van der Waals surface area contributed by atoms with E-state index in [1.807, 2.05) is 22.8 Å². The van der Waals surface area contributed by atoms with Crippen LogP contribution in [-0.4, -0.2) is 28.4 Å². The molecule has 1 heterocycles. The molecule has 0 radical (unpaired) electrons. The maximum absolute atomic E-state index is 10.6. The minimum atomic E-state index is -0.754. The summed E-state index contributed by atoms with van der Waals surface area (Å²) < 4.78 is 2.05. The molecule has 0 unspecified atom stereocenters. The van der Waals surface area contributed by atoms with Crippen LogP contribution in [-0.2, 0) is 10.2 Å². The number of rotatable bonds is 3. The molecule has 0 saturated carbocycles. The third kappa shape index (κ3) is 1.85. The van der Waals surface area contributed by atoms with Gasteiger partial charge in [-0.1, -0.05) is 18.2 Å². The Labute approximate surface area is 95.0 Å². The first-order valence-electron chi connectivity index (χ1n) is 5.45. The average Bonchev–Trinajstić information content (AvgIpc) is 2.49. The zero-order chi connectivity index (χ0) is 11.8. The summed E-state index contributed by atoms with van der Waals surface area (Å²) in [5, 5.41) is 8.71. The molecule has 84 valence electrons. The van der Waals surface area contributed by atoms with Gasteiger partial charge in [-0.25, -0.2) is 4.58 Å². The summed E-state index contributed by atoms with van der Waals surface area (Å²) >= 11 is 0. The quantitative estimate of drug-likeness (QED) is 0.790. The first-order chi connectivity index (χ1) is 7.50. The van der Waals surface area contributed by atoms with Crippen LogP contribution in [0.4, 0.5) is 5.69 Å². The molecule has 0 saturated heterocycles. The van der Waals surface area contributed by atoms with Crippen molar-refractivity contribution in [2.45, 2.75) is 25.7 Å². The van der Waals surface area contributed by atoms with Crippen molar-refractivity contribution in [2.75, 3.05) is 6.54 Å². The lowest BCUT2D eigenvalue weighted by atomic mass is 9.87. The van der Waals surface area contributed by atoms with Crippen molar-refractivity contribution in [1.29, 1.82) is 0 Å². The van der Waals surface area contributed by atoms with Gasteiger partial charge in [0, 0.05) is 11.6 Å². The van der Waals surface area contributed by atoms with Crippen molar-refractivity contribution in [3.8, 4) is 0 Å². The standard InChI is InChI=1S/C13H15NO2/c1-13(2)9-14(8-7-12(15)16)11-6-4-3-5-10(11)13/h3-6,9H,7-8H2,1-2H3/p+1. The summed E-state index contributed by atoms with van der Waals surface area (Å²) in [6, 6.07) is 8.16. The summed E-state index contributed by atoms with van der Waals surface area (Å²) in [6.07, 6.45) is 2.28. The van der Waals surface area contributed by atoms with Crippen LogP contribution in [0.25, 0.3) is 0 Å². The van der Waals surface area contributed by atoms with E-state index >= 15 is 0 Å². The molecule has 0 spiro atoms. The summed E-state index contributed by atoms with van der Waals surface area (Å²) in [6.45, 7) is 4.83. The third-order valence-corrected chi connectivity index (χ3v) is 2.95. The predicted molar refractivity (Wildman–Crippen MR) is 62.6 cm³/mol. The SMILES string of the molecule is CC1(C)C=[N+](CCC(=O)O)c2ccccc21. The number of carbonyl (C=O) groups is 1. The molecule has 0 bridgehead atoms. The van der Waals surface area contributed by atoms with Gasteiger partial charge in [0.05, 0.1) is 5.41 Å². The predicted octanol–water partition coefficient (Wildman–Crippen LogP) is 2.17. The largest absolute Gasteiger partial charge is 0.481 e. The maximum atomic E-state index is 10.6. The Morgan fingerprint density at radius 1 is 1.38 bits per heavy atom. The van der Waals surface area contributed by atoms with Crippen LogP contribution in [0.5, 0.6) is 0 Å². The van der Waals surface area contributed by atoms with Gasteiger partial charge < -0.3 is 5.11 Å². The molecule has 0 atom stereocenters. The molecular weight excluding hydrogens is 202 g/mol. The second-order valence-electron chi connectivity index (χ2n) is 4.71. The molecule has 2 rings (SSSR count). The number of carboxylic acid groups (broad SMARTS) is 1. The highest BCUT2D eigenvalue weighted by Crippen LogP contribution is 2.35. The lowest BCUT2D eigenvalue weighted by Crippen LogP contribution is -2.17. The van der Waals surface area contributed by atoms with Crippen LogP contribution in [0, 0.1) is 0 Å². The Morgan fingerprint density at radius 2 is 2.06 bits per heavy atom. The Bertz CT molecular complexity index is 461. The fourth-order valence-corrected chi connectivity index (χ4v) is 2.20. The normalized spacial score (nSPS) is 16.8. The Hall–Kier alpha value is -1.64. The molecule has 0 amide bonds. The Morgan fingerprint density at radius 3 is 2.75 bits per heavy atom. The van der Waals surface area contributed by atoms with Crippen LogP contribution >= 0.6 is 0 Å². The van der Waals surface area contributed by atoms with E-state index in [2.05, 4.69) is 26.1 Å². The first kappa shape index (κ1) is 10.9. The summed E-state index contributed by atoms with van der Waals surface area (Å²) in [7, 11) is 0. The van der Waals surface area contributed by atoms with Crippen LogP contribution in [0.3, 0.4) is 0 Å². The highest BCUT2D eigenvalue weighted by atomic mass is 16.4. The van der Waals surface area contributed by atoms with E-state index in [-0.39, 0.29) is 11.8 Å². The van der Waals surface area contributed by atoms with Gasteiger partial charge >= 0.3 is 5.97 Å². The second-order valence-corrected chi connectivity index (χ2v) is 4.71. The number of hydrogen-bond acceptors (Lipinski definition) is 1. The molecule has 1 N–H and O–H groups in total. The summed E-state index contributed by atoms with van der Waals surface area (Å²) in [5.74, 6) is -0.754. The Balaban J connectivity index is 2.31. The monoisotopic (exact) mass is 218 g/mol. The van der Waals surface area contributed by atoms with Gasteiger partial charge in [-0.3, -0.25) is 4.79 Å². The number of hydrogen-bond donors (Lipinski definition) is 1. The minimum Gasteiger partial charge on any atom is -0.481 e. The van der Waals surface area contributed by atoms with E-state index in [1.165, 1.54) is 5.56 Å². The third-order valence-electron chi connectivity index (χ3n) is 2.95. The van der Waals surface area contributed by atoms with Crippen LogP contribution in [0.2, 0.25) is 0 Å². The van der Waals surface area contributed by atoms with Gasteiger partial charge in [-0.05, 0) is 13.8 Å². The molecule has 1 aromatic carbocycles. The van der Waals surface area contributed by atoms with Crippen LogP contribution in [0.1, 0.15) is 25.8 Å². The molecule has 16 heavy (non-hydrogen) atoms. The number of aliphatic carboxylic acids is 1. The van der Waals surface area contributed by atoms with E-state index in [0.29, 0.717) is 6.54 Å². The molecular formula is C13H16NO2+. The number of nitrogens with zero attached hydrogens (tertiary/aromatic N) is 1. The first-order valence-corrected chi connectivity index (χ1v) is 5.45. The summed E-state index contributed by atoms with van der Waals surface area (Å²) in [4.78, 5) is 10.6. The maximum Gasteiger partial charge on any atom is 0.309 e. The fraction of sp³-hybridized carbons (Fsp3) is 0.385. The Kier molecular flexibility index (Phi) is 2.54. The van der Waals surface area contributed by atoms with Gasteiger partial charge in [0.1, 0.15) is 6.42 Å². The van der Waals surface area contributed by atoms with Crippen LogP contribution in [0.15, 0.2) is 24.3 Å². The van der Waals surface area contributed by atoms with Gasteiger partial charge in [-0.15, -0.1) is 0 Å². The average molecular weight is 218 g/mol. The van der Waals surface area contributed by atoms with E-state index in [0.717, 1.165) is 5.69 Å². The smallest absolute Gasteiger partial charge is 0.309 e. The molecule has 1 aliphatic rings. The number of benzene rings is 1. The molecule has 0 aromatic heterocycles. The van der Waals surface area contributed by atoms with Gasteiger partial charge in [0.15, 0.2) is 12.8 Å². The highest BCUT2D eigenvalue weighted by molar-refractivity contribution is 5.77. The van der Waals surface area contributed by atoms with Crippen molar-refractivity contribution in [2.24, 2.45) is 0 Å². The zero-order valence-electron chi connectivity index (χ0n) is 9.60. The minimum absolute atomic E-state index is 0.00486. The van der Waals surface area contributed by atoms with E-state index in [4.69, 9.17) is 5.11 Å². The van der Waals surface area contributed by atoms with E-state index < -0.39 is 5.97 Å². The number of fused-ring (bicyclic) bond motifs is 1. The van der Waals surface area contributed by atoms with Gasteiger partial charge in [0.25, 0.3) is 0 Å². The van der Waals surface area contributed by atoms with Crippen LogP contribution < -0.4 is 0 Å². The number of carboxylic acids is 1. The summed E-state index contributed by atoms with van der Waals surface area (Å²) in [5.41, 5.74) is 2.39. The fourth-order valence-electron chi connectivity index (χ4n) is 2.20. The van der Waals surface area contributed by atoms with Crippen molar-refractivity contribution in [1.82, 2.24) is 0 Å². The van der Waals surface area contributed by atoms with Crippen molar-refractivity contribution >= 4 is 17.9 Å². The molecule has 0 aliphatic carbocycles.